The lowest BCUT2D eigenvalue weighted by Crippen LogP contribution is -2.38. The summed E-state index contributed by atoms with van der Waals surface area (Å²) in [5, 5.41) is 12.4. The van der Waals surface area contributed by atoms with E-state index in [2.05, 4.69) is 12.2 Å². The van der Waals surface area contributed by atoms with Crippen molar-refractivity contribution in [2.24, 2.45) is 0 Å². The minimum absolute atomic E-state index is 0.0667. The quantitative estimate of drug-likeness (QED) is 0.838. The van der Waals surface area contributed by atoms with Crippen LogP contribution in [0.1, 0.15) is 35.7 Å². The molecule has 1 aromatic carbocycles. The van der Waals surface area contributed by atoms with Gasteiger partial charge in [0.25, 0.3) is 0 Å². The largest absolute Gasteiger partial charge is 0.478 e. The lowest BCUT2D eigenvalue weighted by atomic mass is 10.0. The van der Waals surface area contributed by atoms with Gasteiger partial charge in [-0.05, 0) is 31.0 Å². The molecule has 1 atom stereocenters. The summed E-state index contributed by atoms with van der Waals surface area (Å²) in [5.41, 5.74) is 1.24. The Balaban J connectivity index is 2.20. The average Bonchev–Trinajstić information content (AvgIpc) is 2.35. The summed E-state index contributed by atoms with van der Waals surface area (Å²) in [7, 11) is 0. The van der Waals surface area contributed by atoms with Crippen LogP contribution in [0, 0.1) is 0 Å². The third-order valence-corrected chi connectivity index (χ3v) is 2.88. The number of aryl methyl sites for hydroxylation is 1. The number of carbonyl (C=O) groups is 1. The average molecular weight is 235 g/mol. The number of carboxylic acid groups (broad SMARTS) is 1. The van der Waals surface area contributed by atoms with E-state index < -0.39 is 5.97 Å². The Morgan fingerprint density at radius 2 is 2.41 bits per heavy atom. The zero-order valence-corrected chi connectivity index (χ0v) is 9.90. The molecule has 0 saturated heterocycles. The highest BCUT2D eigenvalue weighted by molar-refractivity contribution is 5.91. The standard InChI is InChI=1S/C13H17NO3/c1-2-8-14-11-7-6-9-4-3-5-10(13(15)16)12(9)17-11/h3-5,11,14H,2,6-8H2,1H3,(H,15,16). The Morgan fingerprint density at radius 1 is 1.59 bits per heavy atom. The SMILES string of the molecule is CCCNC1CCc2cccc(C(=O)O)c2O1. The highest BCUT2D eigenvalue weighted by atomic mass is 16.5. The molecule has 1 aliphatic heterocycles. The molecule has 0 saturated carbocycles. The topological polar surface area (TPSA) is 58.6 Å². The number of ether oxygens (including phenoxy) is 1. The van der Waals surface area contributed by atoms with Crippen LogP contribution < -0.4 is 10.1 Å². The fraction of sp³-hybridized carbons (Fsp3) is 0.462. The fourth-order valence-electron chi connectivity index (χ4n) is 2.03. The van der Waals surface area contributed by atoms with Crippen LogP contribution in [0.3, 0.4) is 0 Å². The first-order chi connectivity index (χ1) is 8.22. The van der Waals surface area contributed by atoms with Crippen LogP contribution >= 0.6 is 0 Å². The van der Waals surface area contributed by atoms with Gasteiger partial charge in [0.15, 0.2) is 6.23 Å². The Bertz CT molecular complexity index is 417. The highest BCUT2D eigenvalue weighted by Gasteiger charge is 2.23. The molecule has 0 amide bonds. The van der Waals surface area contributed by atoms with Crippen LogP contribution in [0.5, 0.6) is 5.75 Å². The van der Waals surface area contributed by atoms with Gasteiger partial charge in [0.1, 0.15) is 11.3 Å². The summed E-state index contributed by atoms with van der Waals surface area (Å²) in [4.78, 5) is 11.1. The number of hydrogen-bond acceptors (Lipinski definition) is 3. The molecule has 0 radical (unpaired) electrons. The predicted octanol–water partition coefficient (Wildman–Crippen LogP) is 2.04. The van der Waals surface area contributed by atoms with Crippen LogP contribution in [0.15, 0.2) is 18.2 Å². The van der Waals surface area contributed by atoms with E-state index in [-0.39, 0.29) is 11.8 Å². The molecule has 0 aromatic heterocycles. The van der Waals surface area contributed by atoms with Gasteiger partial charge in [0.05, 0.1) is 0 Å². The van der Waals surface area contributed by atoms with Gasteiger partial charge in [0, 0.05) is 6.42 Å². The maximum Gasteiger partial charge on any atom is 0.339 e. The Hall–Kier alpha value is -1.55. The molecular formula is C13H17NO3. The van der Waals surface area contributed by atoms with E-state index in [4.69, 9.17) is 9.84 Å². The van der Waals surface area contributed by atoms with Crippen molar-refractivity contribution in [2.75, 3.05) is 6.54 Å². The van der Waals surface area contributed by atoms with Gasteiger partial charge in [-0.15, -0.1) is 0 Å². The van der Waals surface area contributed by atoms with Crippen molar-refractivity contribution in [3.8, 4) is 5.75 Å². The third kappa shape index (κ3) is 2.58. The number of carboxylic acids is 1. The summed E-state index contributed by atoms with van der Waals surface area (Å²) < 4.78 is 5.73. The number of aromatic carboxylic acids is 1. The van der Waals surface area contributed by atoms with Gasteiger partial charge < -0.3 is 9.84 Å². The number of hydrogen-bond donors (Lipinski definition) is 2. The normalized spacial score (nSPS) is 18.3. The van der Waals surface area contributed by atoms with Gasteiger partial charge in [-0.25, -0.2) is 4.79 Å². The first-order valence-electron chi connectivity index (χ1n) is 5.97. The summed E-state index contributed by atoms with van der Waals surface area (Å²) in [5.74, 6) is -0.405. The monoisotopic (exact) mass is 235 g/mol. The smallest absolute Gasteiger partial charge is 0.339 e. The molecule has 0 bridgehead atoms. The van der Waals surface area contributed by atoms with Crippen molar-refractivity contribution in [3.63, 3.8) is 0 Å². The van der Waals surface area contributed by atoms with Crippen LogP contribution in [0.2, 0.25) is 0 Å². The molecule has 1 aliphatic rings. The third-order valence-electron chi connectivity index (χ3n) is 2.88. The van der Waals surface area contributed by atoms with Crippen molar-refractivity contribution in [1.82, 2.24) is 5.32 Å². The van der Waals surface area contributed by atoms with E-state index in [1.165, 1.54) is 0 Å². The summed E-state index contributed by atoms with van der Waals surface area (Å²) >= 11 is 0. The van der Waals surface area contributed by atoms with Crippen molar-refractivity contribution in [2.45, 2.75) is 32.4 Å². The second-order valence-corrected chi connectivity index (χ2v) is 4.20. The molecule has 1 aromatic rings. The Morgan fingerprint density at radius 3 is 3.12 bits per heavy atom. The predicted molar refractivity (Wildman–Crippen MR) is 64.4 cm³/mol. The molecule has 0 aliphatic carbocycles. The van der Waals surface area contributed by atoms with E-state index in [0.29, 0.717) is 5.75 Å². The number of para-hydroxylation sites is 1. The van der Waals surface area contributed by atoms with Gasteiger partial charge in [-0.3, -0.25) is 5.32 Å². The highest BCUT2D eigenvalue weighted by Crippen LogP contribution is 2.30. The lowest BCUT2D eigenvalue weighted by Gasteiger charge is -2.27. The van der Waals surface area contributed by atoms with Crippen molar-refractivity contribution >= 4 is 5.97 Å². The molecule has 2 rings (SSSR count). The maximum atomic E-state index is 11.1. The second-order valence-electron chi connectivity index (χ2n) is 4.20. The van der Waals surface area contributed by atoms with E-state index in [0.717, 1.165) is 31.4 Å². The minimum atomic E-state index is -0.932. The van der Waals surface area contributed by atoms with Crippen LogP contribution in [0.25, 0.3) is 0 Å². The number of nitrogens with one attached hydrogen (secondary N) is 1. The van der Waals surface area contributed by atoms with E-state index in [1.807, 2.05) is 6.07 Å². The zero-order chi connectivity index (χ0) is 12.3. The van der Waals surface area contributed by atoms with Crippen molar-refractivity contribution < 1.29 is 14.6 Å². The van der Waals surface area contributed by atoms with Gasteiger partial charge in [-0.1, -0.05) is 19.1 Å². The van der Waals surface area contributed by atoms with Gasteiger partial charge in [0.2, 0.25) is 0 Å². The van der Waals surface area contributed by atoms with Gasteiger partial charge in [-0.2, -0.15) is 0 Å². The molecule has 92 valence electrons. The van der Waals surface area contributed by atoms with Crippen molar-refractivity contribution in [3.05, 3.63) is 29.3 Å². The molecule has 4 heteroatoms. The molecule has 17 heavy (non-hydrogen) atoms. The molecule has 2 N–H and O–H groups in total. The lowest BCUT2D eigenvalue weighted by molar-refractivity contribution is 0.0681. The van der Waals surface area contributed by atoms with Gasteiger partial charge >= 0.3 is 5.97 Å². The molecule has 1 heterocycles. The Kier molecular flexibility index (Phi) is 3.64. The molecule has 4 nitrogen and oxygen atoms in total. The van der Waals surface area contributed by atoms with Crippen molar-refractivity contribution in [1.29, 1.82) is 0 Å². The first-order valence-corrected chi connectivity index (χ1v) is 5.97. The molecule has 0 fully saturated rings. The Labute approximate surface area is 101 Å². The minimum Gasteiger partial charge on any atom is -0.478 e. The van der Waals surface area contributed by atoms with Crippen LogP contribution in [0.4, 0.5) is 0 Å². The van der Waals surface area contributed by atoms with Crippen LogP contribution in [-0.4, -0.2) is 23.8 Å². The molecule has 0 spiro atoms. The summed E-state index contributed by atoms with van der Waals surface area (Å²) in [6.07, 6.45) is 2.71. The molecule has 1 unspecified atom stereocenters. The molecular weight excluding hydrogens is 218 g/mol. The number of rotatable bonds is 4. The zero-order valence-electron chi connectivity index (χ0n) is 9.90. The van der Waals surface area contributed by atoms with E-state index in [9.17, 15) is 4.79 Å². The van der Waals surface area contributed by atoms with E-state index >= 15 is 0 Å². The number of benzene rings is 1. The fourth-order valence-corrected chi connectivity index (χ4v) is 2.03. The number of fused-ring (bicyclic) bond motifs is 1. The van der Waals surface area contributed by atoms with Crippen LogP contribution in [-0.2, 0) is 6.42 Å². The van der Waals surface area contributed by atoms with E-state index in [1.54, 1.807) is 12.1 Å². The summed E-state index contributed by atoms with van der Waals surface area (Å²) in [6, 6.07) is 5.28. The summed E-state index contributed by atoms with van der Waals surface area (Å²) in [6.45, 7) is 2.97. The second kappa shape index (κ2) is 5.19. The maximum absolute atomic E-state index is 11.1. The first kappa shape index (κ1) is 11.9.